The molecule has 0 fully saturated rings. The Balaban J connectivity index is 1.97. The molecule has 1 aliphatic carbocycles. The Labute approximate surface area is 131 Å². The Morgan fingerprint density at radius 1 is 1.18 bits per heavy atom. The van der Waals surface area contributed by atoms with Gasteiger partial charge in [0.2, 0.25) is 5.91 Å². The van der Waals surface area contributed by atoms with Crippen LogP contribution in [-0.2, 0) is 9.59 Å². The van der Waals surface area contributed by atoms with Gasteiger partial charge in [-0.25, -0.2) is 0 Å². The molecule has 1 amide bonds. The Kier molecular flexibility index (Phi) is 6.19. The maximum Gasteiger partial charge on any atom is 0.303 e. The Morgan fingerprint density at radius 3 is 2.59 bits per heavy atom. The molecule has 2 rings (SSSR count). The lowest BCUT2D eigenvalue weighted by Gasteiger charge is -2.20. The summed E-state index contributed by atoms with van der Waals surface area (Å²) in [7, 11) is 0. The SMILES string of the molecule is O=C(O)CCC(NC(=O)CC1=CCCCC1)c1ccccc1. The summed E-state index contributed by atoms with van der Waals surface area (Å²) < 4.78 is 0. The maximum absolute atomic E-state index is 12.2. The van der Waals surface area contributed by atoms with Crippen molar-refractivity contribution in [3.63, 3.8) is 0 Å². The van der Waals surface area contributed by atoms with Crippen LogP contribution in [-0.4, -0.2) is 17.0 Å². The van der Waals surface area contributed by atoms with Crippen LogP contribution in [0.1, 0.15) is 56.6 Å². The molecule has 0 bridgehead atoms. The van der Waals surface area contributed by atoms with Crippen LogP contribution in [0.4, 0.5) is 0 Å². The maximum atomic E-state index is 12.2. The molecule has 1 aromatic rings. The summed E-state index contributed by atoms with van der Waals surface area (Å²) in [5.41, 5.74) is 2.16. The average Bonchev–Trinajstić information content (AvgIpc) is 2.53. The van der Waals surface area contributed by atoms with Crippen molar-refractivity contribution in [2.45, 2.75) is 51.0 Å². The van der Waals surface area contributed by atoms with Crippen molar-refractivity contribution in [3.8, 4) is 0 Å². The molecule has 0 radical (unpaired) electrons. The van der Waals surface area contributed by atoms with Gasteiger partial charge in [-0.3, -0.25) is 9.59 Å². The molecule has 4 heteroatoms. The molecule has 22 heavy (non-hydrogen) atoms. The first-order valence-corrected chi connectivity index (χ1v) is 7.89. The van der Waals surface area contributed by atoms with E-state index >= 15 is 0 Å². The van der Waals surface area contributed by atoms with E-state index in [2.05, 4.69) is 11.4 Å². The van der Waals surface area contributed by atoms with E-state index < -0.39 is 5.97 Å². The third-order valence-corrected chi connectivity index (χ3v) is 3.96. The minimum atomic E-state index is -0.842. The summed E-state index contributed by atoms with van der Waals surface area (Å²) >= 11 is 0. The van der Waals surface area contributed by atoms with Crippen molar-refractivity contribution < 1.29 is 14.7 Å². The number of benzene rings is 1. The smallest absolute Gasteiger partial charge is 0.303 e. The molecule has 0 saturated heterocycles. The molecule has 1 aromatic carbocycles. The minimum absolute atomic E-state index is 0.0209. The molecule has 1 atom stereocenters. The number of aliphatic carboxylic acids is 1. The Morgan fingerprint density at radius 2 is 1.95 bits per heavy atom. The normalized spacial score (nSPS) is 15.7. The summed E-state index contributed by atoms with van der Waals surface area (Å²) in [5, 5.41) is 11.9. The van der Waals surface area contributed by atoms with Crippen LogP contribution in [0.5, 0.6) is 0 Å². The monoisotopic (exact) mass is 301 g/mol. The molecule has 0 aromatic heterocycles. The fourth-order valence-electron chi connectivity index (χ4n) is 2.79. The van der Waals surface area contributed by atoms with E-state index in [-0.39, 0.29) is 18.4 Å². The fraction of sp³-hybridized carbons (Fsp3) is 0.444. The zero-order valence-electron chi connectivity index (χ0n) is 12.8. The van der Waals surface area contributed by atoms with E-state index in [4.69, 9.17) is 5.11 Å². The molecule has 0 spiro atoms. The molecule has 118 valence electrons. The number of rotatable bonds is 7. The molecule has 0 saturated carbocycles. The number of carboxylic acid groups (broad SMARTS) is 1. The second-order valence-corrected chi connectivity index (χ2v) is 5.75. The second-order valence-electron chi connectivity index (χ2n) is 5.75. The predicted molar refractivity (Wildman–Crippen MR) is 85.4 cm³/mol. The fourth-order valence-corrected chi connectivity index (χ4v) is 2.79. The van der Waals surface area contributed by atoms with Gasteiger partial charge in [-0.05, 0) is 37.7 Å². The third kappa shape index (κ3) is 5.35. The summed E-state index contributed by atoms with van der Waals surface area (Å²) in [5.74, 6) is -0.863. The van der Waals surface area contributed by atoms with E-state index in [1.807, 2.05) is 30.3 Å². The summed E-state index contributed by atoms with van der Waals surface area (Å²) in [6.45, 7) is 0. The van der Waals surface area contributed by atoms with Crippen LogP contribution < -0.4 is 5.32 Å². The van der Waals surface area contributed by atoms with Gasteiger partial charge in [0.25, 0.3) is 0 Å². The number of hydrogen-bond donors (Lipinski definition) is 2. The van der Waals surface area contributed by atoms with E-state index in [0.29, 0.717) is 12.8 Å². The Bertz CT molecular complexity index is 537. The lowest BCUT2D eigenvalue weighted by atomic mass is 9.96. The number of carbonyl (C=O) groups excluding carboxylic acids is 1. The van der Waals surface area contributed by atoms with Crippen molar-refractivity contribution >= 4 is 11.9 Å². The van der Waals surface area contributed by atoms with Gasteiger partial charge in [-0.15, -0.1) is 0 Å². The first kappa shape index (κ1) is 16.3. The van der Waals surface area contributed by atoms with Crippen LogP contribution in [0.2, 0.25) is 0 Å². The van der Waals surface area contributed by atoms with E-state index in [1.54, 1.807) is 0 Å². The highest BCUT2D eigenvalue weighted by molar-refractivity contribution is 5.79. The third-order valence-electron chi connectivity index (χ3n) is 3.96. The lowest BCUT2D eigenvalue weighted by Crippen LogP contribution is -2.29. The molecular formula is C18H23NO3. The number of carboxylic acids is 1. The zero-order valence-corrected chi connectivity index (χ0v) is 12.8. The topological polar surface area (TPSA) is 66.4 Å². The number of carbonyl (C=O) groups is 2. The van der Waals surface area contributed by atoms with Crippen molar-refractivity contribution in [3.05, 3.63) is 47.5 Å². The first-order valence-electron chi connectivity index (χ1n) is 7.89. The van der Waals surface area contributed by atoms with Crippen LogP contribution in [0.15, 0.2) is 42.0 Å². The van der Waals surface area contributed by atoms with Crippen molar-refractivity contribution in [1.82, 2.24) is 5.32 Å². The highest BCUT2D eigenvalue weighted by Crippen LogP contribution is 2.22. The van der Waals surface area contributed by atoms with Crippen LogP contribution >= 0.6 is 0 Å². The number of hydrogen-bond acceptors (Lipinski definition) is 2. The summed E-state index contributed by atoms with van der Waals surface area (Å²) in [6.07, 6.45) is 7.46. The standard InChI is InChI=1S/C18H23NO3/c20-17(13-14-7-3-1-4-8-14)19-16(11-12-18(21)22)15-9-5-2-6-10-15/h2,5-7,9-10,16H,1,3-4,8,11-13H2,(H,19,20)(H,21,22). The largest absolute Gasteiger partial charge is 0.481 e. The second kappa shape index (κ2) is 8.37. The Hall–Kier alpha value is -2.10. The van der Waals surface area contributed by atoms with E-state index in [1.165, 1.54) is 12.0 Å². The highest BCUT2D eigenvalue weighted by Gasteiger charge is 2.17. The highest BCUT2D eigenvalue weighted by atomic mass is 16.4. The van der Waals surface area contributed by atoms with Gasteiger partial charge >= 0.3 is 5.97 Å². The van der Waals surface area contributed by atoms with Crippen molar-refractivity contribution in [1.29, 1.82) is 0 Å². The lowest BCUT2D eigenvalue weighted by molar-refractivity contribution is -0.137. The van der Waals surface area contributed by atoms with E-state index in [0.717, 1.165) is 24.8 Å². The quantitative estimate of drug-likeness (QED) is 0.756. The van der Waals surface area contributed by atoms with Gasteiger partial charge in [0, 0.05) is 12.8 Å². The summed E-state index contributed by atoms with van der Waals surface area (Å²) in [4.78, 5) is 23.1. The minimum Gasteiger partial charge on any atom is -0.481 e. The van der Waals surface area contributed by atoms with Crippen molar-refractivity contribution in [2.75, 3.05) is 0 Å². The van der Waals surface area contributed by atoms with Gasteiger partial charge in [0.15, 0.2) is 0 Å². The molecule has 1 aliphatic rings. The number of nitrogens with one attached hydrogen (secondary N) is 1. The molecule has 2 N–H and O–H groups in total. The number of amides is 1. The molecular weight excluding hydrogens is 278 g/mol. The molecule has 0 aliphatic heterocycles. The molecule has 1 unspecified atom stereocenters. The van der Waals surface area contributed by atoms with Gasteiger partial charge in [-0.1, -0.05) is 42.0 Å². The van der Waals surface area contributed by atoms with Gasteiger partial charge in [0.05, 0.1) is 6.04 Å². The van der Waals surface area contributed by atoms with Crippen LogP contribution in [0.25, 0.3) is 0 Å². The first-order chi connectivity index (χ1) is 10.6. The molecule has 0 heterocycles. The van der Waals surface area contributed by atoms with Crippen LogP contribution in [0, 0.1) is 0 Å². The summed E-state index contributed by atoms with van der Waals surface area (Å²) in [6, 6.07) is 9.32. The van der Waals surface area contributed by atoms with Crippen molar-refractivity contribution in [2.24, 2.45) is 0 Å². The van der Waals surface area contributed by atoms with Gasteiger partial charge < -0.3 is 10.4 Å². The van der Waals surface area contributed by atoms with E-state index in [9.17, 15) is 9.59 Å². The van der Waals surface area contributed by atoms with Crippen LogP contribution in [0.3, 0.4) is 0 Å². The number of allylic oxidation sites excluding steroid dienone is 1. The van der Waals surface area contributed by atoms with Gasteiger partial charge in [0.1, 0.15) is 0 Å². The predicted octanol–water partition coefficient (Wildman–Crippen LogP) is 3.60. The zero-order chi connectivity index (χ0) is 15.8. The van der Waals surface area contributed by atoms with Gasteiger partial charge in [-0.2, -0.15) is 0 Å². The molecule has 4 nitrogen and oxygen atoms in total. The average molecular weight is 301 g/mol.